The van der Waals surface area contributed by atoms with Crippen LogP contribution in [0.2, 0.25) is 0 Å². The molecule has 5 nitrogen and oxygen atoms in total. The molecule has 0 radical (unpaired) electrons. The molecule has 0 spiro atoms. The summed E-state index contributed by atoms with van der Waals surface area (Å²) in [7, 11) is 0. The van der Waals surface area contributed by atoms with Crippen molar-refractivity contribution in [1.82, 2.24) is 9.80 Å². The monoisotopic (exact) mass is 360 g/mol. The number of fused-ring (bicyclic) bond motifs is 1. The molecule has 1 aliphatic heterocycles. The molecule has 2 aromatic rings. The smallest absolute Gasteiger partial charge is 0.237 e. The van der Waals surface area contributed by atoms with E-state index in [1.165, 1.54) is 0 Å². The van der Waals surface area contributed by atoms with Crippen LogP contribution in [0.4, 0.5) is 0 Å². The zero-order valence-corrected chi connectivity index (χ0v) is 14.7. The van der Waals surface area contributed by atoms with Crippen LogP contribution in [0.5, 0.6) is 5.75 Å². The summed E-state index contributed by atoms with van der Waals surface area (Å²) >= 11 is 5.56. The van der Waals surface area contributed by atoms with Crippen molar-refractivity contribution < 1.29 is 14.3 Å². The van der Waals surface area contributed by atoms with Gasteiger partial charge >= 0.3 is 0 Å². The quantitative estimate of drug-likeness (QED) is 0.770. The van der Waals surface area contributed by atoms with Crippen molar-refractivity contribution in [2.45, 2.75) is 6.42 Å². The molecule has 0 atom stereocenters. The molecule has 0 aromatic heterocycles. The van der Waals surface area contributed by atoms with Crippen molar-refractivity contribution in [2.75, 3.05) is 38.7 Å². The molecule has 3 rings (SSSR count). The third-order valence-corrected chi connectivity index (χ3v) is 4.63. The number of rotatable bonds is 5. The maximum absolute atomic E-state index is 12.3. The summed E-state index contributed by atoms with van der Waals surface area (Å²) in [6.45, 7) is 2.54. The van der Waals surface area contributed by atoms with Gasteiger partial charge in [0.15, 0.2) is 0 Å². The minimum atomic E-state index is -0.0756. The Kier molecular flexibility index (Phi) is 5.76. The lowest BCUT2D eigenvalue weighted by Gasteiger charge is -2.34. The van der Waals surface area contributed by atoms with E-state index in [2.05, 4.69) is 6.07 Å². The van der Waals surface area contributed by atoms with Crippen LogP contribution in [0.3, 0.4) is 0 Å². The highest BCUT2D eigenvalue weighted by Crippen LogP contribution is 2.20. The Morgan fingerprint density at radius 2 is 1.56 bits per heavy atom. The summed E-state index contributed by atoms with van der Waals surface area (Å²) in [4.78, 5) is 27.3. The summed E-state index contributed by atoms with van der Waals surface area (Å²) in [5, 5.41) is 2.28. The lowest BCUT2D eigenvalue weighted by Crippen LogP contribution is -2.51. The molecular formula is C19H21ClN2O3. The second kappa shape index (κ2) is 8.21. The molecule has 0 unspecified atom stereocenters. The van der Waals surface area contributed by atoms with Crippen LogP contribution in [0, 0.1) is 0 Å². The number of benzene rings is 2. The van der Waals surface area contributed by atoms with Gasteiger partial charge in [0.05, 0.1) is 13.0 Å². The van der Waals surface area contributed by atoms with Gasteiger partial charge in [-0.3, -0.25) is 9.59 Å². The SMILES string of the molecule is O=C(CCl)N1CCN(C(=O)CCOc2ccc3ccccc3c2)CC1. The van der Waals surface area contributed by atoms with E-state index in [1.54, 1.807) is 9.80 Å². The fourth-order valence-electron chi connectivity index (χ4n) is 2.96. The zero-order chi connectivity index (χ0) is 17.6. The van der Waals surface area contributed by atoms with Crippen LogP contribution in [-0.4, -0.2) is 60.3 Å². The molecular weight excluding hydrogens is 340 g/mol. The number of piperazine rings is 1. The van der Waals surface area contributed by atoms with E-state index in [-0.39, 0.29) is 17.7 Å². The zero-order valence-electron chi connectivity index (χ0n) is 14.0. The molecule has 1 heterocycles. The van der Waals surface area contributed by atoms with Crippen molar-refractivity contribution in [3.8, 4) is 5.75 Å². The van der Waals surface area contributed by atoms with Gasteiger partial charge in [-0.05, 0) is 22.9 Å². The van der Waals surface area contributed by atoms with Gasteiger partial charge in [0.2, 0.25) is 11.8 Å². The van der Waals surface area contributed by atoms with Crippen LogP contribution < -0.4 is 4.74 Å². The van der Waals surface area contributed by atoms with Gasteiger partial charge < -0.3 is 14.5 Å². The Labute approximate surface area is 152 Å². The number of hydrogen-bond acceptors (Lipinski definition) is 3. The fourth-order valence-corrected chi connectivity index (χ4v) is 3.13. The number of halogens is 1. The number of amides is 2. The molecule has 1 aliphatic rings. The van der Waals surface area contributed by atoms with Crippen LogP contribution in [0.1, 0.15) is 6.42 Å². The van der Waals surface area contributed by atoms with E-state index in [4.69, 9.17) is 16.3 Å². The van der Waals surface area contributed by atoms with Gasteiger partial charge in [-0.1, -0.05) is 30.3 Å². The number of hydrogen-bond donors (Lipinski definition) is 0. The van der Waals surface area contributed by atoms with Crippen LogP contribution >= 0.6 is 11.6 Å². The number of carbonyl (C=O) groups excluding carboxylic acids is 2. The molecule has 132 valence electrons. The van der Waals surface area contributed by atoms with Gasteiger partial charge in [-0.15, -0.1) is 11.6 Å². The molecule has 0 N–H and O–H groups in total. The molecule has 2 amide bonds. The van der Waals surface area contributed by atoms with Crippen molar-refractivity contribution in [1.29, 1.82) is 0 Å². The Morgan fingerprint density at radius 3 is 2.24 bits per heavy atom. The maximum Gasteiger partial charge on any atom is 0.237 e. The highest BCUT2D eigenvalue weighted by molar-refractivity contribution is 6.27. The molecule has 0 aliphatic carbocycles. The largest absolute Gasteiger partial charge is 0.493 e. The first-order chi connectivity index (χ1) is 12.2. The van der Waals surface area contributed by atoms with Crippen molar-refractivity contribution in [3.63, 3.8) is 0 Å². The molecule has 1 saturated heterocycles. The molecule has 25 heavy (non-hydrogen) atoms. The number of ether oxygens (including phenoxy) is 1. The van der Waals surface area contributed by atoms with Gasteiger partial charge in [0.25, 0.3) is 0 Å². The molecule has 0 bridgehead atoms. The molecule has 0 saturated carbocycles. The molecule has 1 fully saturated rings. The standard InChI is InChI=1S/C19H21ClN2O3/c20-14-19(24)22-10-8-21(9-11-22)18(23)7-12-25-17-6-5-15-3-1-2-4-16(15)13-17/h1-6,13H,7-12,14H2. The highest BCUT2D eigenvalue weighted by atomic mass is 35.5. The average Bonchev–Trinajstić information content (AvgIpc) is 2.67. The van der Waals surface area contributed by atoms with E-state index in [0.29, 0.717) is 39.2 Å². The highest BCUT2D eigenvalue weighted by Gasteiger charge is 2.23. The van der Waals surface area contributed by atoms with E-state index in [9.17, 15) is 9.59 Å². The van der Waals surface area contributed by atoms with Gasteiger partial charge in [-0.25, -0.2) is 0 Å². The first-order valence-corrected chi connectivity index (χ1v) is 8.94. The summed E-state index contributed by atoms with van der Waals surface area (Å²) in [5.41, 5.74) is 0. The minimum absolute atomic E-state index is 0.00640. The van der Waals surface area contributed by atoms with Crippen LogP contribution in [-0.2, 0) is 9.59 Å². The van der Waals surface area contributed by atoms with Crippen molar-refractivity contribution in [2.24, 2.45) is 0 Å². The lowest BCUT2D eigenvalue weighted by atomic mass is 10.1. The average molecular weight is 361 g/mol. The summed E-state index contributed by atoms with van der Waals surface area (Å²) in [6.07, 6.45) is 0.330. The maximum atomic E-state index is 12.3. The Morgan fingerprint density at radius 1 is 0.920 bits per heavy atom. The normalized spacial score (nSPS) is 14.6. The first kappa shape index (κ1) is 17.5. The van der Waals surface area contributed by atoms with E-state index < -0.39 is 0 Å². The van der Waals surface area contributed by atoms with Gasteiger partial charge in [-0.2, -0.15) is 0 Å². The molecule has 6 heteroatoms. The summed E-state index contributed by atoms with van der Waals surface area (Å²) in [6, 6.07) is 14.0. The van der Waals surface area contributed by atoms with E-state index in [1.807, 2.05) is 36.4 Å². The fraction of sp³-hybridized carbons (Fsp3) is 0.368. The van der Waals surface area contributed by atoms with Crippen LogP contribution in [0.25, 0.3) is 10.8 Å². The minimum Gasteiger partial charge on any atom is -0.493 e. The van der Waals surface area contributed by atoms with E-state index in [0.717, 1.165) is 16.5 Å². The van der Waals surface area contributed by atoms with Crippen molar-refractivity contribution >= 4 is 34.2 Å². The Hall–Kier alpha value is -2.27. The van der Waals surface area contributed by atoms with Crippen molar-refractivity contribution in [3.05, 3.63) is 42.5 Å². The first-order valence-electron chi connectivity index (χ1n) is 8.40. The van der Waals surface area contributed by atoms with Gasteiger partial charge in [0.1, 0.15) is 11.6 Å². The predicted molar refractivity (Wildman–Crippen MR) is 97.9 cm³/mol. The lowest BCUT2D eigenvalue weighted by molar-refractivity contribution is -0.138. The Balaban J connectivity index is 1.45. The van der Waals surface area contributed by atoms with Gasteiger partial charge in [0, 0.05) is 26.2 Å². The second-order valence-corrected chi connectivity index (χ2v) is 6.27. The summed E-state index contributed by atoms with van der Waals surface area (Å²) in [5.74, 6) is 0.740. The molecule has 2 aromatic carbocycles. The number of alkyl halides is 1. The van der Waals surface area contributed by atoms with Crippen LogP contribution in [0.15, 0.2) is 42.5 Å². The topological polar surface area (TPSA) is 49.9 Å². The Bertz CT molecular complexity index is 757. The van der Waals surface area contributed by atoms with E-state index >= 15 is 0 Å². The predicted octanol–water partition coefficient (Wildman–Crippen LogP) is 2.52. The third kappa shape index (κ3) is 4.42. The number of nitrogens with zero attached hydrogens (tertiary/aromatic N) is 2. The third-order valence-electron chi connectivity index (χ3n) is 4.40. The summed E-state index contributed by atoms with van der Waals surface area (Å²) < 4.78 is 5.72. The number of carbonyl (C=O) groups is 2. The second-order valence-electron chi connectivity index (χ2n) is 6.00.